The van der Waals surface area contributed by atoms with E-state index in [1.807, 2.05) is 0 Å². The summed E-state index contributed by atoms with van der Waals surface area (Å²) in [7, 11) is 0. The summed E-state index contributed by atoms with van der Waals surface area (Å²) in [6, 6.07) is 2.72. The predicted octanol–water partition coefficient (Wildman–Crippen LogP) is 2.55. The van der Waals surface area contributed by atoms with Crippen molar-refractivity contribution in [3.63, 3.8) is 0 Å². The number of aryl methyl sites for hydroxylation is 1. The molecule has 2 rings (SSSR count). The number of rotatable bonds is 0. The zero-order chi connectivity index (χ0) is 10.3. The number of aromatic hydroxyl groups is 1. The van der Waals surface area contributed by atoms with Crippen LogP contribution in [0.3, 0.4) is 0 Å². The van der Waals surface area contributed by atoms with E-state index in [-0.39, 0.29) is 10.4 Å². The van der Waals surface area contributed by atoms with Gasteiger partial charge < -0.3 is 5.11 Å². The van der Waals surface area contributed by atoms with Gasteiger partial charge >= 0.3 is 0 Å². The molecule has 0 fully saturated rings. The molecule has 72 valence electrons. The van der Waals surface area contributed by atoms with Gasteiger partial charge in [0, 0.05) is 17.8 Å². The van der Waals surface area contributed by atoms with Crippen LogP contribution in [-0.2, 0) is 0 Å². The average Bonchev–Trinajstić information content (AvgIpc) is 2.08. The molecule has 0 aromatic carbocycles. The second-order valence-electron chi connectivity index (χ2n) is 2.91. The lowest BCUT2D eigenvalue weighted by Gasteiger charge is -2.02. The number of hydrogen-bond acceptors (Lipinski definition) is 3. The van der Waals surface area contributed by atoms with Gasteiger partial charge in [0.25, 0.3) is 0 Å². The molecule has 3 nitrogen and oxygen atoms in total. The van der Waals surface area contributed by atoms with Crippen molar-refractivity contribution in [2.24, 2.45) is 0 Å². The van der Waals surface area contributed by atoms with E-state index in [9.17, 15) is 9.50 Å². The van der Waals surface area contributed by atoms with Crippen LogP contribution in [0.4, 0.5) is 4.39 Å². The number of fused-ring (bicyclic) bond motifs is 1. The van der Waals surface area contributed by atoms with Crippen molar-refractivity contribution < 1.29 is 9.50 Å². The first-order valence-electron chi connectivity index (χ1n) is 3.90. The molecule has 0 aliphatic carbocycles. The van der Waals surface area contributed by atoms with Crippen LogP contribution in [0, 0.1) is 12.7 Å². The molecule has 0 bridgehead atoms. The lowest BCUT2D eigenvalue weighted by molar-refractivity contribution is 0.479. The number of pyridine rings is 2. The van der Waals surface area contributed by atoms with Gasteiger partial charge in [0.2, 0.25) is 0 Å². The molecule has 2 aromatic heterocycles. The van der Waals surface area contributed by atoms with Gasteiger partial charge in [-0.05, 0) is 22.9 Å². The maximum atomic E-state index is 13.1. The van der Waals surface area contributed by atoms with Crippen LogP contribution in [-0.4, -0.2) is 15.1 Å². The molecule has 0 atom stereocenters. The van der Waals surface area contributed by atoms with E-state index in [1.54, 1.807) is 6.92 Å². The highest BCUT2D eigenvalue weighted by molar-refractivity contribution is 9.10. The zero-order valence-electron chi connectivity index (χ0n) is 7.25. The van der Waals surface area contributed by atoms with Gasteiger partial charge in [-0.15, -0.1) is 0 Å². The largest absolute Gasteiger partial charge is 0.506 e. The molecule has 0 saturated carbocycles. The van der Waals surface area contributed by atoms with Gasteiger partial charge in [0.1, 0.15) is 15.9 Å². The Bertz CT molecular complexity index is 516. The van der Waals surface area contributed by atoms with E-state index in [0.29, 0.717) is 16.7 Å². The van der Waals surface area contributed by atoms with Crippen LogP contribution in [0.1, 0.15) is 5.69 Å². The quantitative estimate of drug-likeness (QED) is 0.737. The fraction of sp³-hybridized carbons (Fsp3) is 0.111. The van der Waals surface area contributed by atoms with E-state index in [2.05, 4.69) is 25.9 Å². The molecular weight excluding hydrogens is 251 g/mol. The van der Waals surface area contributed by atoms with Crippen LogP contribution in [0.2, 0.25) is 0 Å². The molecular formula is C9H6BrFN2O. The summed E-state index contributed by atoms with van der Waals surface area (Å²) >= 11 is 2.94. The van der Waals surface area contributed by atoms with Gasteiger partial charge in [-0.1, -0.05) is 0 Å². The third-order valence-corrected chi connectivity index (χ3v) is 2.35. The second kappa shape index (κ2) is 3.16. The first-order chi connectivity index (χ1) is 6.58. The van der Waals surface area contributed by atoms with Crippen molar-refractivity contribution >= 4 is 27.0 Å². The lowest BCUT2D eigenvalue weighted by Crippen LogP contribution is -1.90. The molecule has 2 heterocycles. The van der Waals surface area contributed by atoms with E-state index >= 15 is 0 Å². The minimum absolute atomic E-state index is 0.00759. The van der Waals surface area contributed by atoms with Crippen molar-refractivity contribution in [2.75, 3.05) is 0 Å². The van der Waals surface area contributed by atoms with Crippen LogP contribution in [0.5, 0.6) is 5.75 Å². The molecule has 0 saturated heterocycles. The zero-order valence-corrected chi connectivity index (χ0v) is 8.84. The Kier molecular flexibility index (Phi) is 2.11. The summed E-state index contributed by atoms with van der Waals surface area (Å²) in [5, 5.41) is 9.52. The van der Waals surface area contributed by atoms with Gasteiger partial charge in [-0.3, -0.25) is 4.98 Å². The first kappa shape index (κ1) is 9.33. The highest BCUT2D eigenvalue weighted by Crippen LogP contribution is 2.25. The summed E-state index contributed by atoms with van der Waals surface area (Å²) in [6.07, 6.45) is 0. The topological polar surface area (TPSA) is 46.0 Å². The Morgan fingerprint density at radius 1 is 1.36 bits per heavy atom. The van der Waals surface area contributed by atoms with Crippen LogP contribution in [0.15, 0.2) is 16.7 Å². The standard InChI is InChI=1S/C9H6BrFN2O/c1-4-2-7(14)8-6(12-4)3-5(11)9(10)13-8/h2-3H,1H3,(H,12,14). The van der Waals surface area contributed by atoms with Gasteiger partial charge in [0.15, 0.2) is 5.82 Å². The number of halogens is 2. The van der Waals surface area contributed by atoms with Crippen molar-refractivity contribution in [2.45, 2.75) is 6.92 Å². The predicted molar refractivity (Wildman–Crippen MR) is 53.6 cm³/mol. The molecule has 2 aromatic rings. The lowest BCUT2D eigenvalue weighted by atomic mass is 10.2. The number of aromatic nitrogens is 2. The van der Waals surface area contributed by atoms with Crippen molar-refractivity contribution in [3.05, 3.63) is 28.2 Å². The molecule has 1 N–H and O–H groups in total. The summed E-state index contributed by atoms with van der Waals surface area (Å²) in [5.74, 6) is -0.483. The Balaban J connectivity index is 2.89. The fourth-order valence-electron chi connectivity index (χ4n) is 1.22. The minimum Gasteiger partial charge on any atom is -0.506 e. The summed E-state index contributed by atoms with van der Waals surface area (Å²) in [5.41, 5.74) is 1.27. The highest BCUT2D eigenvalue weighted by Gasteiger charge is 2.08. The van der Waals surface area contributed by atoms with E-state index < -0.39 is 5.82 Å². The van der Waals surface area contributed by atoms with Gasteiger partial charge in [-0.25, -0.2) is 9.37 Å². The normalized spacial score (nSPS) is 10.8. The Morgan fingerprint density at radius 2 is 2.07 bits per heavy atom. The van der Waals surface area contributed by atoms with Crippen LogP contribution < -0.4 is 0 Å². The number of nitrogens with zero attached hydrogens (tertiary/aromatic N) is 2. The third-order valence-electron chi connectivity index (χ3n) is 1.80. The van der Waals surface area contributed by atoms with E-state index in [1.165, 1.54) is 12.1 Å². The molecule has 14 heavy (non-hydrogen) atoms. The molecule has 0 aliphatic rings. The van der Waals surface area contributed by atoms with Crippen LogP contribution in [0.25, 0.3) is 11.0 Å². The van der Waals surface area contributed by atoms with Crippen molar-refractivity contribution in [1.82, 2.24) is 9.97 Å². The smallest absolute Gasteiger partial charge is 0.158 e. The summed E-state index contributed by atoms with van der Waals surface area (Å²) in [4.78, 5) is 7.90. The molecule has 5 heteroatoms. The maximum Gasteiger partial charge on any atom is 0.158 e. The van der Waals surface area contributed by atoms with Gasteiger partial charge in [-0.2, -0.15) is 0 Å². The van der Waals surface area contributed by atoms with Crippen molar-refractivity contribution in [3.8, 4) is 5.75 Å². The van der Waals surface area contributed by atoms with Crippen molar-refractivity contribution in [1.29, 1.82) is 0 Å². The fourth-order valence-corrected chi connectivity index (χ4v) is 1.51. The molecule has 0 unspecified atom stereocenters. The Hall–Kier alpha value is -1.23. The summed E-state index contributed by atoms with van der Waals surface area (Å²) in [6.45, 7) is 1.72. The molecule has 0 aliphatic heterocycles. The van der Waals surface area contributed by atoms with Gasteiger partial charge in [0.05, 0.1) is 5.52 Å². The van der Waals surface area contributed by atoms with E-state index in [4.69, 9.17) is 0 Å². The summed E-state index contributed by atoms with van der Waals surface area (Å²) < 4.78 is 13.2. The minimum atomic E-state index is -0.491. The average molecular weight is 257 g/mol. The number of hydrogen-bond donors (Lipinski definition) is 1. The SMILES string of the molecule is Cc1cc(O)c2nc(Br)c(F)cc2n1. The highest BCUT2D eigenvalue weighted by atomic mass is 79.9. The first-order valence-corrected chi connectivity index (χ1v) is 4.69. The Labute approximate surface area is 87.7 Å². The monoisotopic (exact) mass is 256 g/mol. The Morgan fingerprint density at radius 3 is 2.79 bits per heavy atom. The molecule has 0 radical (unpaired) electrons. The van der Waals surface area contributed by atoms with E-state index in [0.717, 1.165) is 0 Å². The third kappa shape index (κ3) is 1.43. The van der Waals surface area contributed by atoms with Crippen LogP contribution >= 0.6 is 15.9 Å². The molecule has 0 amide bonds. The second-order valence-corrected chi connectivity index (χ2v) is 3.66. The maximum absolute atomic E-state index is 13.1. The molecule has 0 spiro atoms.